The second-order valence-corrected chi connectivity index (χ2v) is 7.81. The Hall–Kier alpha value is -3.16. The second-order valence-electron chi connectivity index (χ2n) is 7.81. The molecule has 1 atom stereocenters. The standard InChI is InChI=1S/C21H23FN4O3/c1-10(12-5-6-14(28-4)13(22)9-12)18-24-19(26-21(3)7-8-21)16-15(17(23)27)11(2)29-20(16)25-18/h5-6,9-10H,7-8H2,1-4H3,(H2,23,27)(H,24,25,26). The van der Waals surface area contributed by atoms with Crippen LogP contribution in [0.1, 0.15) is 60.1 Å². The molecule has 2 heterocycles. The molecule has 1 saturated carbocycles. The van der Waals surface area contributed by atoms with E-state index in [1.807, 2.05) is 6.92 Å². The Morgan fingerprint density at radius 3 is 2.69 bits per heavy atom. The van der Waals surface area contributed by atoms with Gasteiger partial charge in [0.1, 0.15) is 17.4 Å². The van der Waals surface area contributed by atoms with Crippen molar-refractivity contribution in [3.8, 4) is 5.75 Å². The number of fused-ring (bicyclic) bond motifs is 1. The van der Waals surface area contributed by atoms with Crippen LogP contribution in [0.25, 0.3) is 11.1 Å². The molecule has 3 N–H and O–H groups in total. The van der Waals surface area contributed by atoms with Gasteiger partial charge in [0, 0.05) is 11.5 Å². The van der Waals surface area contributed by atoms with Gasteiger partial charge in [0.15, 0.2) is 11.6 Å². The van der Waals surface area contributed by atoms with Crippen LogP contribution in [-0.4, -0.2) is 28.5 Å². The van der Waals surface area contributed by atoms with Crippen molar-refractivity contribution < 1.29 is 18.3 Å². The minimum atomic E-state index is -0.591. The van der Waals surface area contributed by atoms with Gasteiger partial charge in [0.05, 0.1) is 18.1 Å². The van der Waals surface area contributed by atoms with Gasteiger partial charge in [-0.25, -0.2) is 9.37 Å². The first-order valence-corrected chi connectivity index (χ1v) is 9.45. The van der Waals surface area contributed by atoms with Crippen LogP contribution >= 0.6 is 0 Å². The molecule has 0 saturated heterocycles. The maximum Gasteiger partial charge on any atom is 0.253 e. The summed E-state index contributed by atoms with van der Waals surface area (Å²) < 4.78 is 24.9. The number of rotatable bonds is 6. The van der Waals surface area contributed by atoms with E-state index in [1.54, 1.807) is 19.1 Å². The summed E-state index contributed by atoms with van der Waals surface area (Å²) >= 11 is 0. The summed E-state index contributed by atoms with van der Waals surface area (Å²) in [5, 5.41) is 3.89. The van der Waals surface area contributed by atoms with Gasteiger partial charge >= 0.3 is 0 Å². The number of ether oxygens (including phenoxy) is 1. The lowest BCUT2D eigenvalue weighted by Crippen LogP contribution is -2.20. The fourth-order valence-corrected chi connectivity index (χ4v) is 3.41. The summed E-state index contributed by atoms with van der Waals surface area (Å²) in [5.41, 5.74) is 6.75. The van der Waals surface area contributed by atoms with Crippen molar-refractivity contribution in [1.82, 2.24) is 9.97 Å². The van der Waals surface area contributed by atoms with Gasteiger partial charge in [-0.05, 0) is 44.4 Å². The first kappa shape index (κ1) is 19.2. The molecule has 4 rings (SSSR count). The summed E-state index contributed by atoms with van der Waals surface area (Å²) in [7, 11) is 1.42. The molecule has 2 aromatic heterocycles. The number of carbonyl (C=O) groups is 1. The molecule has 1 aliphatic rings. The topological polar surface area (TPSA) is 103 Å². The summed E-state index contributed by atoms with van der Waals surface area (Å²) in [6.45, 7) is 5.64. The number of hydrogen-bond donors (Lipinski definition) is 2. The van der Waals surface area contributed by atoms with Crippen LogP contribution in [0, 0.1) is 12.7 Å². The molecular weight excluding hydrogens is 375 g/mol. The van der Waals surface area contributed by atoms with Crippen LogP contribution in [0.2, 0.25) is 0 Å². The number of nitrogens with one attached hydrogen (secondary N) is 1. The number of furan rings is 1. The Balaban J connectivity index is 1.85. The van der Waals surface area contributed by atoms with Crippen molar-refractivity contribution in [2.75, 3.05) is 12.4 Å². The minimum Gasteiger partial charge on any atom is -0.494 e. The number of carbonyl (C=O) groups excluding carboxylic acids is 1. The molecule has 0 bridgehead atoms. The number of nitrogens with zero attached hydrogens (tertiary/aromatic N) is 2. The zero-order valence-electron chi connectivity index (χ0n) is 16.8. The largest absolute Gasteiger partial charge is 0.494 e. The highest BCUT2D eigenvalue weighted by molar-refractivity contribution is 6.09. The van der Waals surface area contributed by atoms with Crippen LogP contribution in [0.15, 0.2) is 22.6 Å². The number of halogens is 1. The predicted octanol–water partition coefficient (Wildman–Crippen LogP) is 3.89. The summed E-state index contributed by atoms with van der Waals surface area (Å²) in [4.78, 5) is 21.2. The van der Waals surface area contributed by atoms with Gasteiger partial charge in [-0.15, -0.1) is 0 Å². The highest BCUT2D eigenvalue weighted by atomic mass is 19.1. The van der Waals surface area contributed by atoms with Crippen molar-refractivity contribution in [3.63, 3.8) is 0 Å². The molecular formula is C21H23FN4O3. The van der Waals surface area contributed by atoms with Gasteiger partial charge in [-0.2, -0.15) is 4.98 Å². The average Bonchev–Trinajstić information content (AvgIpc) is 3.28. The number of methoxy groups -OCH3 is 1. The molecule has 0 spiro atoms. The Morgan fingerprint density at radius 1 is 1.38 bits per heavy atom. The third kappa shape index (κ3) is 3.39. The zero-order chi connectivity index (χ0) is 20.9. The van der Waals surface area contributed by atoms with E-state index in [0.29, 0.717) is 28.4 Å². The summed E-state index contributed by atoms with van der Waals surface area (Å²) in [5.74, 6) is 0.184. The normalized spacial score (nSPS) is 15.9. The number of hydrogen-bond acceptors (Lipinski definition) is 6. The maximum atomic E-state index is 14.2. The van der Waals surface area contributed by atoms with E-state index in [1.165, 1.54) is 13.2 Å². The first-order chi connectivity index (χ1) is 13.7. The number of nitrogens with two attached hydrogens (primary N) is 1. The average molecular weight is 398 g/mol. The van der Waals surface area contributed by atoms with Gasteiger partial charge in [0.25, 0.3) is 5.91 Å². The van der Waals surface area contributed by atoms with E-state index in [0.717, 1.165) is 12.8 Å². The van der Waals surface area contributed by atoms with Crippen molar-refractivity contribution >= 4 is 22.8 Å². The van der Waals surface area contributed by atoms with E-state index in [4.69, 9.17) is 14.9 Å². The van der Waals surface area contributed by atoms with Crippen LogP contribution in [0.4, 0.5) is 10.2 Å². The van der Waals surface area contributed by atoms with Gasteiger partial charge in [0.2, 0.25) is 5.71 Å². The fraction of sp³-hybridized carbons (Fsp3) is 0.381. The third-order valence-corrected chi connectivity index (χ3v) is 5.47. The molecule has 0 aliphatic heterocycles. The third-order valence-electron chi connectivity index (χ3n) is 5.47. The van der Waals surface area contributed by atoms with Gasteiger partial charge in [-0.3, -0.25) is 4.79 Å². The number of aromatic nitrogens is 2. The molecule has 1 amide bonds. The molecule has 3 aromatic rings. The Labute approximate surface area is 167 Å². The number of benzene rings is 1. The summed E-state index contributed by atoms with van der Waals surface area (Å²) in [6.07, 6.45) is 1.99. The minimum absolute atomic E-state index is 0.0892. The highest BCUT2D eigenvalue weighted by Gasteiger charge is 2.39. The van der Waals surface area contributed by atoms with E-state index in [9.17, 15) is 9.18 Å². The lowest BCUT2D eigenvalue weighted by atomic mass is 9.99. The molecule has 7 nitrogen and oxygen atoms in total. The van der Waals surface area contributed by atoms with Crippen LogP contribution in [0.5, 0.6) is 5.75 Å². The van der Waals surface area contributed by atoms with Gasteiger partial charge in [-0.1, -0.05) is 13.0 Å². The number of aryl methyl sites for hydroxylation is 1. The Morgan fingerprint density at radius 2 is 2.10 bits per heavy atom. The van der Waals surface area contributed by atoms with Crippen LogP contribution in [0.3, 0.4) is 0 Å². The second kappa shape index (κ2) is 6.72. The highest BCUT2D eigenvalue weighted by Crippen LogP contribution is 2.41. The number of amides is 1. The van der Waals surface area contributed by atoms with Crippen LogP contribution in [-0.2, 0) is 0 Å². The molecule has 1 fully saturated rings. The van der Waals surface area contributed by atoms with Crippen molar-refractivity contribution in [1.29, 1.82) is 0 Å². The molecule has 152 valence electrons. The van der Waals surface area contributed by atoms with Crippen LogP contribution < -0.4 is 15.8 Å². The van der Waals surface area contributed by atoms with Crippen molar-refractivity contribution in [2.45, 2.75) is 45.1 Å². The predicted molar refractivity (Wildman–Crippen MR) is 107 cm³/mol. The monoisotopic (exact) mass is 398 g/mol. The van der Waals surface area contributed by atoms with Crippen molar-refractivity contribution in [2.24, 2.45) is 5.73 Å². The molecule has 29 heavy (non-hydrogen) atoms. The number of anilines is 1. The summed E-state index contributed by atoms with van der Waals surface area (Å²) in [6, 6.07) is 4.76. The van der Waals surface area contributed by atoms with E-state index in [2.05, 4.69) is 22.2 Å². The Kier molecular flexibility index (Phi) is 4.44. The van der Waals surface area contributed by atoms with Gasteiger partial charge < -0.3 is 20.2 Å². The molecule has 1 aromatic carbocycles. The molecule has 1 unspecified atom stereocenters. The Bertz CT molecular complexity index is 1120. The molecule has 0 radical (unpaired) electrons. The molecule has 8 heteroatoms. The van der Waals surface area contributed by atoms with E-state index < -0.39 is 11.7 Å². The van der Waals surface area contributed by atoms with E-state index in [-0.39, 0.29) is 28.5 Å². The quantitative estimate of drug-likeness (QED) is 0.653. The first-order valence-electron chi connectivity index (χ1n) is 9.45. The zero-order valence-corrected chi connectivity index (χ0v) is 16.8. The number of primary amides is 1. The van der Waals surface area contributed by atoms with E-state index >= 15 is 0 Å². The van der Waals surface area contributed by atoms with Crippen molar-refractivity contribution in [3.05, 3.63) is 46.7 Å². The molecule has 1 aliphatic carbocycles. The smallest absolute Gasteiger partial charge is 0.253 e. The lowest BCUT2D eigenvalue weighted by Gasteiger charge is -2.17. The lowest BCUT2D eigenvalue weighted by molar-refractivity contribution is 0.1000. The SMILES string of the molecule is COc1ccc(C(C)c2nc(NC3(C)CC3)c3c(C(N)=O)c(C)oc3n2)cc1F. The maximum absolute atomic E-state index is 14.2. The fourth-order valence-electron chi connectivity index (χ4n) is 3.41.